The van der Waals surface area contributed by atoms with Gasteiger partial charge in [0, 0.05) is 36.8 Å². The Balaban J connectivity index is 1.53. The van der Waals surface area contributed by atoms with Crippen molar-refractivity contribution in [3.8, 4) is 0 Å². The van der Waals surface area contributed by atoms with Crippen molar-refractivity contribution in [3.05, 3.63) is 113 Å². The maximum absolute atomic E-state index is 14.3. The number of nitrogens with one attached hydrogen (secondary N) is 1. The summed E-state index contributed by atoms with van der Waals surface area (Å²) in [6, 6.07) is 24.3. The Morgan fingerprint density at radius 1 is 1.05 bits per heavy atom. The number of aromatic nitrogens is 2. The highest BCUT2D eigenvalue weighted by atomic mass is 79.9. The maximum atomic E-state index is 14.3. The van der Waals surface area contributed by atoms with E-state index in [-0.39, 0.29) is 17.3 Å². The zero-order valence-electron chi connectivity index (χ0n) is 21.6. The van der Waals surface area contributed by atoms with Crippen LogP contribution in [0.15, 0.2) is 101 Å². The van der Waals surface area contributed by atoms with E-state index in [0.717, 1.165) is 16.8 Å². The van der Waals surface area contributed by atoms with E-state index in [1.165, 1.54) is 4.31 Å². The summed E-state index contributed by atoms with van der Waals surface area (Å²) in [7, 11) is -2.33. The number of hydrogen-bond acceptors (Lipinski definition) is 5. The Kier molecular flexibility index (Phi) is 8.15. The van der Waals surface area contributed by atoms with E-state index in [2.05, 4.69) is 30.8 Å². The van der Waals surface area contributed by atoms with Crippen LogP contribution in [0.5, 0.6) is 0 Å². The quantitative estimate of drug-likeness (QED) is 0.319. The number of hydrogen-bond donors (Lipinski definition) is 1. The van der Waals surface area contributed by atoms with Gasteiger partial charge in [0.1, 0.15) is 4.90 Å². The lowest BCUT2D eigenvalue weighted by Crippen LogP contribution is -2.49. The fraction of sp³-hybridized carbons (Fsp3) is 0.241. The molecule has 8 nitrogen and oxygen atoms in total. The van der Waals surface area contributed by atoms with Gasteiger partial charge in [-0.15, -0.1) is 0 Å². The molecule has 0 saturated carbocycles. The molecule has 1 aromatic heterocycles. The number of H-pyrrole nitrogens is 1. The van der Waals surface area contributed by atoms with Gasteiger partial charge < -0.3 is 14.8 Å². The number of halogens is 1. The number of carbonyl (C=O) groups excluding carboxylic acids is 1. The molecule has 1 aliphatic rings. The first-order chi connectivity index (χ1) is 18.8. The highest BCUT2D eigenvalue weighted by Crippen LogP contribution is 2.36. The first-order valence-electron chi connectivity index (χ1n) is 12.7. The lowest BCUT2D eigenvalue weighted by atomic mass is 10.0. The minimum absolute atomic E-state index is 0.172. The minimum atomic E-state index is -4.04. The van der Waals surface area contributed by atoms with Crippen molar-refractivity contribution in [2.24, 2.45) is 0 Å². The third-order valence-electron chi connectivity index (χ3n) is 6.90. The maximum Gasteiger partial charge on any atom is 0.245 e. The van der Waals surface area contributed by atoms with E-state index in [1.54, 1.807) is 30.5 Å². The number of imidazole rings is 1. The first-order valence-corrected chi connectivity index (χ1v) is 14.9. The number of nitrogens with zero attached hydrogens (tertiary/aromatic N) is 4. The smallest absolute Gasteiger partial charge is 0.245 e. The van der Waals surface area contributed by atoms with Gasteiger partial charge in [0.05, 0.1) is 30.8 Å². The summed E-state index contributed by atoms with van der Waals surface area (Å²) in [6.45, 7) is 0.987. The summed E-state index contributed by atoms with van der Waals surface area (Å²) in [5.41, 5.74) is 3.44. The minimum Gasteiger partial charge on any atom is -0.363 e. The van der Waals surface area contributed by atoms with E-state index < -0.39 is 16.1 Å². The van der Waals surface area contributed by atoms with Crippen LogP contribution in [0.1, 0.15) is 16.8 Å². The van der Waals surface area contributed by atoms with Crippen LogP contribution in [0, 0.1) is 0 Å². The Morgan fingerprint density at radius 2 is 1.74 bits per heavy atom. The molecule has 0 fully saturated rings. The van der Waals surface area contributed by atoms with Gasteiger partial charge in [-0.2, -0.15) is 4.31 Å². The lowest BCUT2D eigenvalue weighted by molar-refractivity contribution is -0.130. The van der Waals surface area contributed by atoms with Crippen LogP contribution in [-0.2, 0) is 34.3 Å². The van der Waals surface area contributed by atoms with Crippen molar-refractivity contribution in [2.75, 3.05) is 25.0 Å². The van der Waals surface area contributed by atoms with Crippen LogP contribution in [-0.4, -0.2) is 59.7 Å². The average Bonchev–Trinajstić information content (AvgIpc) is 3.42. The molecule has 1 atom stereocenters. The van der Waals surface area contributed by atoms with E-state index in [9.17, 15) is 13.2 Å². The normalized spacial score (nSPS) is 16.9. The molecular formula is C29H30BrN5O3S. The molecule has 10 heteroatoms. The summed E-state index contributed by atoms with van der Waals surface area (Å²) < 4.78 is 30.7. The second-order valence-corrected chi connectivity index (χ2v) is 12.5. The molecule has 2 heterocycles. The van der Waals surface area contributed by atoms with Gasteiger partial charge in [-0.1, -0.05) is 76.6 Å². The van der Waals surface area contributed by atoms with Gasteiger partial charge in [0.15, 0.2) is 0 Å². The fourth-order valence-electron chi connectivity index (χ4n) is 4.91. The lowest BCUT2D eigenvalue weighted by Gasteiger charge is -2.32. The van der Waals surface area contributed by atoms with Crippen molar-refractivity contribution in [3.63, 3.8) is 0 Å². The topological polar surface area (TPSA) is 89.6 Å². The summed E-state index contributed by atoms with van der Waals surface area (Å²) in [4.78, 5) is 24.6. The van der Waals surface area contributed by atoms with Crippen LogP contribution in [0.4, 0.5) is 5.69 Å². The van der Waals surface area contributed by atoms with Crippen molar-refractivity contribution < 1.29 is 13.2 Å². The van der Waals surface area contributed by atoms with Crippen LogP contribution in [0.25, 0.3) is 0 Å². The zero-order valence-corrected chi connectivity index (χ0v) is 24.0. The molecule has 0 spiro atoms. The van der Waals surface area contributed by atoms with Crippen LogP contribution in [0.3, 0.4) is 0 Å². The molecule has 1 aliphatic heterocycles. The Hall–Kier alpha value is -3.47. The highest BCUT2D eigenvalue weighted by molar-refractivity contribution is 9.10. The SMILES string of the molecule is CN(Cc1ccccc1)C(=O)CN1C(Cc2ccccc2)CN(Cc2cnc[nH]2)c2ccc(Br)cc2S1(=O)=O. The third kappa shape index (κ3) is 6.24. The number of sulfonamides is 1. The molecule has 1 amide bonds. The summed E-state index contributed by atoms with van der Waals surface area (Å²) in [6.07, 6.45) is 3.82. The van der Waals surface area contributed by atoms with E-state index in [0.29, 0.717) is 36.2 Å². The molecule has 0 bridgehead atoms. The largest absolute Gasteiger partial charge is 0.363 e. The first kappa shape index (κ1) is 27.1. The molecular weight excluding hydrogens is 578 g/mol. The van der Waals surface area contributed by atoms with E-state index in [4.69, 9.17) is 0 Å². The number of likely N-dealkylation sites (N-methyl/N-ethyl adjacent to an activating group) is 1. The van der Waals surface area contributed by atoms with Gasteiger partial charge in [-0.3, -0.25) is 4.79 Å². The fourth-order valence-corrected chi connectivity index (χ4v) is 7.23. The number of aromatic amines is 1. The molecule has 39 heavy (non-hydrogen) atoms. The van der Waals surface area contributed by atoms with Crippen LogP contribution >= 0.6 is 15.9 Å². The second kappa shape index (κ2) is 11.7. The molecule has 5 rings (SSSR count). The van der Waals surface area contributed by atoms with Crippen LogP contribution in [0.2, 0.25) is 0 Å². The number of carbonyl (C=O) groups is 1. The Bertz CT molecular complexity index is 1520. The molecule has 1 N–H and O–H groups in total. The summed E-state index contributed by atoms with van der Waals surface area (Å²) in [5, 5.41) is 0. The number of anilines is 1. The summed E-state index contributed by atoms with van der Waals surface area (Å²) >= 11 is 3.46. The van der Waals surface area contributed by atoms with Gasteiger partial charge in [-0.25, -0.2) is 13.4 Å². The van der Waals surface area contributed by atoms with Gasteiger partial charge >= 0.3 is 0 Å². The molecule has 1 unspecified atom stereocenters. The van der Waals surface area contributed by atoms with Gasteiger partial charge in [0.25, 0.3) is 0 Å². The van der Waals surface area contributed by atoms with E-state index in [1.807, 2.05) is 72.8 Å². The molecule has 0 radical (unpaired) electrons. The standard InChI is InChI=1S/C29H30BrN5O3S/c1-33(17-23-10-6-3-7-11-23)29(36)20-35-26(14-22-8-4-2-5-9-22)19-34(18-25-16-31-21-32-25)27-13-12-24(30)15-28(27)39(35,37)38/h2-13,15-16,21,26H,14,17-20H2,1H3,(H,31,32). The van der Waals surface area contributed by atoms with Crippen LogP contribution < -0.4 is 4.90 Å². The van der Waals surface area contributed by atoms with Crippen molar-refractivity contribution in [2.45, 2.75) is 30.4 Å². The molecule has 202 valence electrons. The Labute approximate surface area is 237 Å². The molecule has 0 saturated heterocycles. The van der Waals surface area contributed by atoms with Gasteiger partial charge in [-0.05, 0) is 35.7 Å². The zero-order chi connectivity index (χ0) is 27.4. The van der Waals surface area contributed by atoms with Gasteiger partial charge in [0.2, 0.25) is 15.9 Å². The van der Waals surface area contributed by atoms with Crippen molar-refractivity contribution in [1.29, 1.82) is 0 Å². The van der Waals surface area contributed by atoms with Crippen molar-refractivity contribution >= 4 is 37.5 Å². The van der Waals surface area contributed by atoms with E-state index >= 15 is 0 Å². The summed E-state index contributed by atoms with van der Waals surface area (Å²) in [5.74, 6) is -0.265. The Morgan fingerprint density at radius 3 is 2.41 bits per heavy atom. The number of fused-ring (bicyclic) bond motifs is 1. The number of benzene rings is 3. The number of amides is 1. The monoisotopic (exact) mass is 607 g/mol. The predicted octanol–water partition coefficient (Wildman–Crippen LogP) is 4.45. The predicted molar refractivity (Wildman–Crippen MR) is 155 cm³/mol. The third-order valence-corrected chi connectivity index (χ3v) is 9.32. The highest BCUT2D eigenvalue weighted by Gasteiger charge is 2.40. The van der Waals surface area contributed by atoms with Crippen molar-refractivity contribution in [1.82, 2.24) is 19.2 Å². The molecule has 0 aliphatic carbocycles. The second-order valence-electron chi connectivity index (χ2n) is 9.70. The molecule has 3 aromatic carbocycles. The average molecular weight is 609 g/mol. The molecule has 4 aromatic rings. The number of rotatable bonds is 8.